The van der Waals surface area contributed by atoms with Crippen molar-refractivity contribution in [3.8, 4) is 0 Å². The molecule has 0 aliphatic heterocycles. The van der Waals surface area contributed by atoms with Crippen LogP contribution in [0.2, 0.25) is 0 Å². The van der Waals surface area contributed by atoms with Gasteiger partial charge in [0.25, 0.3) is 5.56 Å². The zero-order valence-corrected chi connectivity index (χ0v) is 15.3. The Morgan fingerprint density at radius 2 is 2.00 bits per heavy atom. The number of fused-ring (bicyclic) bond motifs is 1. The van der Waals surface area contributed by atoms with E-state index in [4.69, 9.17) is 9.84 Å². The third-order valence-electron chi connectivity index (χ3n) is 4.17. The van der Waals surface area contributed by atoms with Gasteiger partial charge >= 0.3 is 5.69 Å². The zero-order chi connectivity index (χ0) is 20.1. The lowest BCUT2D eigenvalue weighted by molar-refractivity contribution is 0.0972. The van der Waals surface area contributed by atoms with Gasteiger partial charge < -0.3 is 15.2 Å². The van der Waals surface area contributed by atoms with E-state index in [1.54, 1.807) is 24.3 Å². The first-order valence-corrected chi connectivity index (χ1v) is 8.73. The molecule has 3 rings (SSSR count). The molecule has 0 radical (unpaired) electrons. The van der Waals surface area contributed by atoms with Crippen LogP contribution in [0.3, 0.4) is 0 Å². The van der Waals surface area contributed by atoms with Crippen LogP contribution in [0.25, 0.3) is 11.2 Å². The number of hydrogen-bond donors (Lipinski definition) is 3. The van der Waals surface area contributed by atoms with Crippen LogP contribution in [0.15, 0.2) is 39.9 Å². The number of aromatic nitrogens is 4. The van der Waals surface area contributed by atoms with E-state index in [1.807, 2.05) is 6.07 Å². The van der Waals surface area contributed by atoms with Crippen molar-refractivity contribution in [3.05, 3.63) is 56.7 Å². The minimum absolute atomic E-state index is 0.0818. The molecule has 10 heteroatoms. The fourth-order valence-corrected chi connectivity index (χ4v) is 2.78. The second-order valence-electron chi connectivity index (χ2n) is 6.06. The minimum atomic E-state index is -0.615. The van der Waals surface area contributed by atoms with Crippen LogP contribution in [-0.2, 0) is 18.3 Å². The fraction of sp³-hybridized carbons (Fsp3) is 0.333. The van der Waals surface area contributed by atoms with Gasteiger partial charge in [-0.05, 0) is 0 Å². The van der Waals surface area contributed by atoms with E-state index >= 15 is 0 Å². The van der Waals surface area contributed by atoms with Crippen molar-refractivity contribution in [1.82, 2.24) is 19.1 Å². The number of rotatable bonds is 9. The number of imidazole rings is 1. The van der Waals surface area contributed by atoms with Gasteiger partial charge in [-0.2, -0.15) is 4.98 Å². The highest BCUT2D eigenvalue weighted by atomic mass is 16.5. The second kappa shape index (κ2) is 8.63. The van der Waals surface area contributed by atoms with Crippen molar-refractivity contribution in [2.24, 2.45) is 7.05 Å². The number of ether oxygens (including phenoxy) is 1. The fourth-order valence-electron chi connectivity index (χ4n) is 2.78. The van der Waals surface area contributed by atoms with Crippen LogP contribution in [0.1, 0.15) is 10.4 Å². The summed E-state index contributed by atoms with van der Waals surface area (Å²) in [5.74, 6) is 0.0753. The summed E-state index contributed by atoms with van der Waals surface area (Å²) in [6, 6.07) is 8.71. The van der Waals surface area contributed by atoms with E-state index in [0.717, 1.165) is 0 Å². The van der Waals surface area contributed by atoms with Crippen LogP contribution in [0.5, 0.6) is 0 Å². The van der Waals surface area contributed by atoms with Crippen molar-refractivity contribution in [2.75, 3.05) is 31.7 Å². The molecule has 0 unspecified atom stereocenters. The summed E-state index contributed by atoms with van der Waals surface area (Å²) in [5.41, 5.74) is -0.396. The maximum Gasteiger partial charge on any atom is 0.329 e. The second-order valence-corrected chi connectivity index (χ2v) is 6.06. The number of nitrogens with zero attached hydrogens (tertiary/aromatic N) is 3. The molecule has 0 saturated carbocycles. The maximum absolute atomic E-state index is 12.7. The highest BCUT2D eigenvalue weighted by Crippen LogP contribution is 2.16. The number of nitrogens with one attached hydrogen (secondary N) is 2. The van der Waals surface area contributed by atoms with E-state index in [0.29, 0.717) is 18.7 Å². The predicted molar refractivity (Wildman–Crippen MR) is 103 cm³/mol. The first kappa shape index (κ1) is 19.5. The first-order valence-electron chi connectivity index (χ1n) is 8.73. The molecule has 2 aromatic heterocycles. The molecule has 148 valence electrons. The Hall–Kier alpha value is -3.24. The Bertz CT molecular complexity index is 1080. The van der Waals surface area contributed by atoms with Crippen LogP contribution >= 0.6 is 0 Å². The standard InChI is InChI=1S/C18H21N5O5/c1-22-15-14(16(26)21-18(22)27)23(11-13(25)12-5-3-2-4-6-12)17(20-15)19-7-9-28-10-8-24/h2-6,24H,7-11H2,1H3,(H,19,20)(H,21,26,27). The highest BCUT2D eigenvalue weighted by molar-refractivity contribution is 5.96. The number of aromatic amines is 1. The quantitative estimate of drug-likeness (QED) is 0.340. The number of aliphatic hydroxyl groups is 1. The molecule has 0 bridgehead atoms. The molecule has 0 aliphatic carbocycles. The number of aryl methyl sites for hydroxylation is 1. The number of benzene rings is 1. The summed E-state index contributed by atoms with van der Waals surface area (Å²) in [5, 5.41) is 11.8. The Labute approximate surface area is 159 Å². The van der Waals surface area contributed by atoms with E-state index in [1.165, 1.54) is 16.2 Å². The van der Waals surface area contributed by atoms with E-state index in [2.05, 4.69) is 15.3 Å². The normalized spacial score (nSPS) is 11.1. The number of aliphatic hydroxyl groups excluding tert-OH is 1. The molecule has 28 heavy (non-hydrogen) atoms. The zero-order valence-electron chi connectivity index (χ0n) is 15.3. The molecular formula is C18H21N5O5. The van der Waals surface area contributed by atoms with Gasteiger partial charge in [-0.25, -0.2) is 4.79 Å². The van der Waals surface area contributed by atoms with Crippen LogP contribution in [0, 0.1) is 0 Å². The average Bonchev–Trinajstić information content (AvgIpc) is 3.05. The van der Waals surface area contributed by atoms with Gasteiger partial charge in [0.15, 0.2) is 16.9 Å². The number of ketones is 1. The van der Waals surface area contributed by atoms with Gasteiger partial charge in [0, 0.05) is 19.2 Å². The molecule has 3 aromatic rings. The molecule has 10 nitrogen and oxygen atoms in total. The van der Waals surface area contributed by atoms with Gasteiger partial charge in [-0.3, -0.25) is 23.7 Å². The van der Waals surface area contributed by atoms with Gasteiger partial charge in [0.2, 0.25) is 5.95 Å². The lowest BCUT2D eigenvalue weighted by Gasteiger charge is -2.10. The van der Waals surface area contributed by atoms with Gasteiger partial charge in [-0.1, -0.05) is 30.3 Å². The molecule has 0 atom stereocenters. The molecule has 0 spiro atoms. The lowest BCUT2D eigenvalue weighted by Crippen LogP contribution is -2.29. The van der Waals surface area contributed by atoms with Crippen LogP contribution in [-0.4, -0.2) is 56.4 Å². The van der Waals surface area contributed by atoms with Gasteiger partial charge in [0.05, 0.1) is 26.4 Å². The van der Waals surface area contributed by atoms with Crippen LogP contribution in [0.4, 0.5) is 5.95 Å². The predicted octanol–water partition coefficient (Wildman–Crippen LogP) is -0.273. The number of carbonyl (C=O) groups is 1. The number of H-pyrrole nitrogens is 1. The van der Waals surface area contributed by atoms with Crippen molar-refractivity contribution < 1.29 is 14.6 Å². The van der Waals surface area contributed by atoms with E-state index in [9.17, 15) is 14.4 Å². The monoisotopic (exact) mass is 387 g/mol. The van der Waals surface area contributed by atoms with Crippen LogP contribution < -0.4 is 16.6 Å². The topological polar surface area (TPSA) is 131 Å². The molecule has 2 heterocycles. The molecule has 1 aromatic carbocycles. The van der Waals surface area contributed by atoms with E-state index < -0.39 is 11.2 Å². The number of anilines is 1. The van der Waals surface area contributed by atoms with Crippen molar-refractivity contribution in [3.63, 3.8) is 0 Å². The Balaban J connectivity index is 1.98. The summed E-state index contributed by atoms with van der Waals surface area (Å²) in [6.45, 7) is 0.641. The molecular weight excluding hydrogens is 366 g/mol. The lowest BCUT2D eigenvalue weighted by atomic mass is 10.1. The largest absolute Gasteiger partial charge is 0.394 e. The summed E-state index contributed by atoms with van der Waals surface area (Å²) in [7, 11) is 1.49. The Morgan fingerprint density at radius 3 is 2.71 bits per heavy atom. The minimum Gasteiger partial charge on any atom is -0.394 e. The average molecular weight is 387 g/mol. The molecule has 3 N–H and O–H groups in total. The summed E-state index contributed by atoms with van der Waals surface area (Å²) >= 11 is 0. The molecule has 0 saturated heterocycles. The maximum atomic E-state index is 12.7. The molecule has 0 aliphatic rings. The van der Waals surface area contributed by atoms with Gasteiger partial charge in [0.1, 0.15) is 0 Å². The number of hydrogen-bond acceptors (Lipinski definition) is 7. The Kier molecular flexibility index (Phi) is 6.02. The smallest absolute Gasteiger partial charge is 0.329 e. The van der Waals surface area contributed by atoms with Crippen molar-refractivity contribution >= 4 is 22.9 Å². The van der Waals surface area contributed by atoms with Crippen molar-refractivity contribution in [1.29, 1.82) is 0 Å². The number of carbonyl (C=O) groups excluding carboxylic acids is 1. The third kappa shape index (κ3) is 4.02. The molecule has 0 amide bonds. The van der Waals surface area contributed by atoms with Gasteiger partial charge in [-0.15, -0.1) is 0 Å². The summed E-state index contributed by atoms with van der Waals surface area (Å²) in [4.78, 5) is 43.5. The molecule has 0 fully saturated rings. The summed E-state index contributed by atoms with van der Waals surface area (Å²) < 4.78 is 7.87. The Morgan fingerprint density at radius 1 is 1.25 bits per heavy atom. The van der Waals surface area contributed by atoms with Crippen molar-refractivity contribution in [2.45, 2.75) is 6.54 Å². The number of Topliss-reactive ketones (excluding diaryl/α,β-unsaturated/α-hetero) is 1. The summed E-state index contributed by atoms with van der Waals surface area (Å²) in [6.07, 6.45) is 0. The third-order valence-corrected chi connectivity index (χ3v) is 4.17. The first-order chi connectivity index (χ1) is 13.5. The highest BCUT2D eigenvalue weighted by Gasteiger charge is 2.19. The SMILES string of the molecule is Cn1c(=O)[nH]c(=O)c2c1nc(NCCOCCO)n2CC(=O)c1ccccc1. The van der Waals surface area contributed by atoms with E-state index in [-0.39, 0.29) is 42.7 Å².